The molecule has 0 spiro atoms. The van der Waals surface area contributed by atoms with Crippen LogP contribution in [0.4, 0.5) is 0 Å². The Morgan fingerprint density at radius 1 is 1.56 bits per heavy atom. The normalized spacial score (nSPS) is 12.9. The van der Waals surface area contributed by atoms with Crippen LogP contribution in [0.15, 0.2) is 22.8 Å². The molecule has 4 nitrogen and oxygen atoms in total. The number of carbonyl (C=O) groups is 1. The summed E-state index contributed by atoms with van der Waals surface area (Å²) in [5.41, 5.74) is 1.57. The van der Waals surface area contributed by atoms with Gasteiger partial charge in [-0.1, -0.05) is 6.07 Å². The molecule has 16 heavy (non-hydrogen) atoms. The van der Waals surface area contributed by atoms with Crippen molar-refractivity contribution in [3.05, 3.63) is 28.4 Å². The minimum Gasteiger partial charge on any atom is -0.481 e. The third kappa shape index (κ3) is 1.71. The zero-order valence-electron chi connectivity index (χ0n) is 8.94. The first-order chi connectivity index (χ1) is 7.50. The molecule has 1 unspecified atom stereocenters. The van der Waals surface area contributed by atoms with Crippen LogP contribution in [0.25, 0.3) is 10.9 Å². The summed E-state index contributed by atoms with van der Waals surface area (Å²) in [6.45, 7) is 1.67. The Balaban J connectivity index is 2.56. The van der Waals surface area contributed by atoms with Gasteiger partial charge in [0.05, 0.1) is 11.4 Å². The molecule has 0 radical (unpaired) electrons. The molecule has 0 bridgehead atoms. The number of aromatic nitrogens is 2. The molecular weight excluding hydrogens is 272 g/mol. The lowest BCUT2D eigenvalue weighted by molar-refractivity contribution is -0.138. The second-order valence-corrected chi connectivity index (χ2v) is 4.50. The minimum absolute atomic E-state index is 0.509. The van der Waals surface area contributed by atoms with Crippen LogP contribution in [0, 0.1) is 0 Å². The van der Waals surface area contributed by atoms with Gasteiger partial charge in [0.2, 0.25) is 0 Å². The molecule has 5 heteroatoms. The maximum Gasteiger partial charge on any atom is 0.310 e. The predicted octanol–water partition coefficient (Wildman–Crippen LogP) is 2.52. The third-order valence-corrected chi connectivity index (χ3v) is 3.60. The predicted molar refractivity (Wildman–Crippen MR) is 64.5 cm³/mol. The fourth-order valence-electron chi connectivity index (χ4n) is 1.60. The maximum atomic E-state index is 10.9. The highest BCUT2D eigenvalue weighted by Crippen LogP contribution is 2.26. The van der Waals surface area contributed by atoms with E-state index in [9.17, 15) is 4.79 Å². The SMILES string of the molecule is CC(C(=O)O)c1ccc2c(Br)n(C)nc2c1. The smallest absolute Gasteiger partial charge is 0.310 e. The fraction of sp³-hybridized carbons (Fsp3) is 0.273. The molecule has 84 valence electrons. The number of carboxylic acid groups (broad SMARTS) is 1. The molecule has 1 N–H and O–H groups in total. The molecule has 1 aromatic carbocycles. The van der Waals surface area contributed by atoms with Gasteiger partial charge in [-0.25, -0.2) is 0 Å². The quantitative estimate of drug-likeness (QED) is 0.921. The van der Waals surface area contributed by atoms with Gasteiger partial charge in [0, 0.05) is 12.4 Å². The van der Waals surface area contributed by atoms with Crippen LogP contribution in [-0.4, -0.2) is 20.9 Å². The average Bonchev–Trinajstić information content (AvgIpc) is 2.53. The first-order valence-electron chi connectivity index (χ1n) is 4.85. The van der Waals surface area contributed by atoms with Gasteiger partial charge in [-0.3, -0.25) is 9.48 Å². The molecule has 0 aliphatic rings. The summed E-state index contributed by atoms with van der Waals surface area (Å²) < 4.78 is 2.62. The van der Waals surface area contributed by atoms with Crippen LogP contribution in [0.5, 0.6) is 0 Å². The number of hydrogen-bond donors (Lipinski definition) is 1. The number of halogens is 1. The summed E-state index contributed by atoms with van der Waals surface area (Å²) in [6, 6.07) is 5.54. The van der Waals surface area contributed by atoms with Gasteiger partial charge in [0.15, 0.2) is 0 Å². The van der Waals surface area contributed by atoms with Gasteiger partial charge in [-0.05, 0) is 40.5 Å². The van der Waals surface area contributed by atoms with Crippen LogP contribution in [-0.2, 0) is 11.8 Å². The lowest BCUT2D eigenvalue weighted by Gasteiger charge is -2.05. The van der Waals surface area contributed by atoms with Crippen molar-refractivity contribution in [2.24, 2.45) is 7.05 Å². The van der Waals surface area contributed by atoms with Crippen molar-refractivity contribution in [3.8, 4) is 0 Å². The Hall–Kier alpha value is -1.36. The highest BCUT2D eigenvalue weighted by molar-refractivity contribution is 9.10. The molecule has 0 saturated carbocycles. The molecule has 1 aromatic heterocycles. The van der Waals surface area contributed by atoms with E-state index in [1.807, 2.05) is 25.2 Å². The van der Waals surface area contributed by atoms with Crippen molar-refractivity contribution in [2.45, 2.75) is 12.8 Å². The number of rotatable bonds is 2. The van der Waals surface area contributed by atoms with Gasteiger partial charge < -0.3 is 5.11 Å². The molecule has 2 rings (SSSR count). The molecule has 0 aliphatic heterocycles. The lowest BCUT2D eigenvalue weighted by atomic mass is 10.0. The van der Waals surface area contributed by atoms with Crippen molar-refractivity contribution in [1.82, 2.24) is 9.78 Å². The Bertz CT molecular complexity index is 562. The summed E-state index contributed by atoms with van der Waals surface area (Å²) >= 11 is 3.43. The fourth-order valence-corrected chi connectivity index (χ4v) is 2.01. The summed E-state index contributed by atoms with van der Waals surface area (Å²) in [4.78, 5) is 10.9. The number of fused-ring (bicyclic) bond motifs is 1. The van der Waals surface area contributed by atoms with E-state index in [1.165, 1.54) is 0 Å². The number of hydrogen-bond acceptors (Lipinski definition) is 2. The summed E-state index contributed by atoms with van der Waals surface area (Å²) in [7, 11) is 1.84. The molecule has 0 saturated heterocycles. The molecule has 1 atom stereocenters. The summed E-state index contributed by atoms with van der Waals surface area (Å²) in [5, 5.41) is 14.2. The zero-order chi connectivity index (χ0) is 11.9. The van der Waals surface area contributed by atoms with Crippen molar-refractivity contribution < 1.29 is 9.90 Å². The van der Waals surface area contributed by atoms with E-state index >= 15 is 0 Å². The monoisotopic (exact) mass is 282 g/mol. The standard InChI is InChI=1S/C11H11BrN2O2/c1-6(11(15)16)7-3-4-8-9(5-7)13-14(2)10(8)12/h3-6H,1-2H3,(H,15,16). The summed E-state index contributed by atoms with van der Waals surface area (Å²) in [5.74, 6) is -1.33. The van der Waals surface area contributed by atoms with E-state index in [0.717, 1.165) is 21.1 Å². The first kappa shape index (κ1) is 11.1. The molecule has 1 heterocycles. The highest BCUT2D eigenvalue weighted by atomic mass is 79.9. The Kier molecular flexibility index (Phi) is 2.71. The minimum atomic E-state index is -0.825. The molecule has 0 amide bonds. The van der Waals surface area contributed by atoms with Gasteiger partial charge >= 0.3 is 5.97 Å². The Morgan fingerprint density at radius 2 is 2.25 bits per heavy atom. The average molecular weight is 283 g/mol. The highest BCUT2D eigenvalue weighted by Gasteiger charge is 2.15. The third-order valence-electron chi connectivity index (χ3n) is 2.66. The number of nitrogens with zero attached hydrogens (tertiary/aromatic N) is 2. The van der Waals surface area contributed by atoms with E-state index in [-0.39, 0.29) is 0 Å². The van der Waals surface area contributed by atoms with Crippen molar-refractivity contribution >= 4 is 32.8 Å². The lowest BCUT2D eigenvalue weighted by Crippen LogP contribution is -2.06. The largest absolute Gasteiger partial charge is 0.481 e. The van der Waals surface area contributed by atoms with Crippen LogP contribution in [0.1, 0.15) is 18.4 Å². The van der Waals surface area contributed by atoms with E-state index in [0.29, 0.717) is 0 Å². The maximum absolute atomic E-state index is 10.9. The Labute approximate surface area is 101 Å². The van der Waals surface area contributed by atoms with Gasteiger partial charge in [-0.2, -0.15) is 5.10 Å². The molecular formula is C11H11BrN2O2. The van der Waals surface area contributed by atoms with E-state index < -0.39 is 11.9 Å². The van der Waals surface area contributed by atoms with Crippen molar-refractivity contribution in [3.63, 3.8) is 0 Å². The van der Waals surface area contributed by atoms with E-state index in [1.54, 1.807) is 11.6 Å². The summed E-state index contributed by atoms with van der Waals surface area (Å²) in [6.07, 6.45) is 0. The van der Waals surface area contributed by atoms with Crippen LogP contribution < -0.4 is 0 Å². The zero-order valence-corrected chi connectivity index (χ0v) is 10.5. The second kappa shape index (κ2) is 3.90. The van der Waals surface area contributed by atoms with Crippen LogP contribution in [0.3, 0.4) is 0 Å². The van der Waals surface area contributed by atoms with Crippen LogP contribution in [0.2, 0.25) is 0 Å². The number of aryl methyl sites for hydroxylation is 1. The van der Waals surface area contributed by atoms with Crippen LogP contribution >= 0.6 is 15.9 Å². The number of aliphatic carboxylic acids is 1. The topological polar surface area (TPSA) is 55.1 Å². The number of benzene rings is 1. The second-order valence-electron chi connectivity index (χ2n) is 3.75. The van der Waals surface area contributed by atoms with Gasteiger partial charge in [0.1, 0.15) is 4.60 Å². The Morgan fingerprint density at radius 3 is 2.88 bits per heavy atom. The first-order valence-corrected chi connectivity index (χ1v) is 5.65. The van der Waals surface area contributed by atoms with Gasteiger partial charge in [-0.15, -0.1) is 0 Å². The van der Waals surface area contributed by atoms with Crippen molar-refractivity contribution in [1.29, 1.82) is 0 Å². The van der Waals surface area contributed by atoms with Crippen molar-refractivity contribution in [2.75, 3.05) is 0 Å². The molecule has 0 fully saturated rings. The molecule has 2 aromatic rings. The number of carboxylic acids is 1. The van der Waals surface area contributed by atoms with Gasteiger partial charge in [0.25, 0.3) is 0 Å². The van der Waals surface area contributed by atoms with E-state index in [2.05, 4.69) is 21.0 Å². The van der Waals surface area contributed by atoms with E-state index in [4.69, 9.17) is 5.11 Å². The molecule has 0 aliphatic carbocycles.